The van der Waals surface area contributed by atoms with Crippen LogP contribution in [0, 0.1) is 0 Å². The van der Waals surface area contributed by atoms with E-state index in [4.69, 9.17) is 0 Å². The van der Waals surface area contributed by atoms with Crippen molar-refractivity contribution in [2.45, 2.75) is 44.7 Å². The summed E-state index contributed by atoms with van der Waals surface area (Å²) in [6.07, 6.45) is 2.62. The first-order chi connectivity index (χ1) is 6.98. The second kappa shape index (κ2) is 4.94. The maximum atomic E-state index is 11.2. The highest BCUT2D eigenvalue weighted by atomic mass is 16.4. The third kappa shape index (κ3) is 3.18. The molecule has 1 fully saturated rings. The molecular formula is C11H22N2O2. The molecule has 1 heterocycles. The predicted octanol–water partition coefficient (Wildman–Crippen LogP) is 0.923. The molecule has 0 radical (unpaired) electrons. The Morgan fingerprint density at radius 3 is 2.73 bits per heavy atom. The van der Waals surface area contributed by atoms with Gasteiger partial charge in [-0.25, -0.2) is 0 Å². The summed E-state index contributed by atoms with van der Waals surface area (Å²) in [5.74, 6) is -0.737. The lowest BCUT2D eigenvalue weighted by Crippen LogP contribution is -2.54. The zero-order valence-electron chi connectivity index (χ0n) is 9.92. The Hall–Kier alpha value is -0.610. The van der Waals surface area contributed by atoms with E-state index < -0.39 is 11.5 Å². The molecule has 4 heteroatoms. The summed E-state index contributed by atoms with van der Waals surface area (Å²) in [6.45, 7) is 5.81. The number of carboxylic acids is 1. The Bertz CT molecular complexity index is 233. The van der Waals surface area contributed by atoms with E-state index in [1.807, 2.05) is 6.92 Å². The van der Waals surface area contributed by atoms with Gasteiger partial charge in [-0.2, -0.15) is 0 Å². The molecule has 2 N–H and O–H groups in total. The molecule has 0 aromatic rings. The number of carbonyl (C=O) groups is 1. The largest absolute Gasteiger partial charge is 0.480 e. The molecule has 88 valence electrons. The Labute approximate surface area is 91.6 Å². The van der Waals surface area contributed by atoms with Gasteiger partial charge in [0.05, 0.1) is 0 Å². The number of rotatable bonds is 5. The van der Waals surface area contributed by atoms with Gasteiger partial charge in [-0.1, -0.05) is 13.3 Å². The zero-order chi connectivity index (χ0) is 11.5. The van der Waals surface area contributed by atoms with Crippen LogP contribution in [0.5, 0.6) is 0 Å². The fourth-order valence-corrected chi connectivity index (χ4v) is 2.24. The Kier molecular flexibility index (Phi) is 4.11. The van der Waals surface area contributed by atoms with Crippen LogP contribution in [-0.2, 0) is 4.79 Å². The van der Waals surface area contributed by atoms with Gasteiger partial charge in [0.25, 0.3) is 0 Å². The minimum atomic E-state index is -0.759. The summed E-state index contributed by atoms with van der Waals surface area (Å²) in [4.78, 5) is 13.4. The van der Waals surface area contributed by atoms with Gasteiger partial charge < -0.3 is 10.0 Å². The van der Waals surface area contributed by atoms with E-state index in [0.717, 1.165) is 25.9 Å². The summed E-state index contributed by atoms with van der Waals surface area (Å²) in [5.41, 5.74) is -0.759. The van der Waals surface area contributed by atoms with Crippen molar-refractivity contribution in [3.05, 3.63) is 0 Å². The minimum Gasteiger partial charge on any atom is -0.480 e. The van der Waals surface area contributed by atoms with Crippen LogP contribution in [0.15, 0.2) is 0 Å². The van der Waals surface area contributed by atoms with E-state index in [2.05, 4.69) is 17.3 Å². The summed E-state index contributed by atoms with van der Waals surface area (Å²) in [7, 11) is 2.07. The standard InChI is InChI=1S/C11H22N2O2/c1-4-6-11(2,10(14)15)12-9-5-7-13(3)8-9/h9,12H,4-8H2,1-3H3,(H,14,15). The highest BCUT2D eigenvalue weighted by Gasteiger charge is 2.35. The summed E-state index contributed by atoms with van der Waals surface area (Å²) >= 11 is 0. The van der Waals surface area contributed by atoms with Gasteiger partial charge in [-0.05, 0) is 33.4 Å². The van der Waals surface area contributed by atoms with Gasteiger partial charge in [-0.3, -0.25) is 10.1 Å². The molecule has 1 rings (SSSR count). The number of nitrogens with zero attached hydrogens (tertiary/aromatic N) is 1. The van der Waals surface area contributed by atoms with Crippen molar-refractivity contribution in [3.8, 4) is 0 Å². The maximum absolute atomic E-state index is 11.2. The van der Waals surface area contributed by atoms with E-state index in [-0.39, 0.29) is 0 Å². The molecule has 4 nitrogen and oxygen atoms in total. The van der Waals surface area contributed by atoms with E-state index in [0.29, 0.717) is 12.5 Å². The van der Waals surface area contributed by atoms with Crippen molar-refractivity contribution >= 4 is 5.97 Å². The number of hydrogen-bond acceptors (Lipinski definition) is 3. The monoisotopic (exact) mass is 214 g/mol. The fourth-order valence-electron chi connectivity index (χ4n) is 2.24. The quantitative estimate of drug-likeness (QED) is 0.714. The van der Waals surface area contributed by atoms with E-state index in [1.54, 1.807) is 6.92 Å². The highest BCUT2D eigenvalue weighted by Crippen LogP contribution is 2.17. The molecule has 0 aromatic carbocycles. The summed E-state index contributed by atoms with van der Waals surface area (Å²) in [5, 5.41) is 12.5. The average molecular weight is 214 g/mol. The molecule has 2 atom stereocenters. The lowest BCUT2D eigenvalue weighted by Gasteiger charge is -2.29. The highest BCUT2D eigenvalue weighted by molar-refractivity contribution is 5.78. The number of aliphatic carboxylic acids is 1. The first kappa shape index (κ1) is 12.5. The van der Waals surface area contributed by atoms with Crippen LogP contribution in [0.3, 0.4) is 0 Å². The van der Waals surface area contributed by atoms with Gasteiger partial charge in [0, 0.05) is 12.6 Å². The van der Waals surface area contributed by atoms with Crippen molar-refractivity contribution in [3.63, 3.8) is 0 Å². The van der Waals surface area contributed by atoms with Crippen LogP contribution in [0.4, 0.5) is 0 Å². The lowest BCUT2D eigenvalue weighted by atomic mass is 9.95. The van der Waals surface area contributed by atoms with E-state index >= 15 is 0 Å². The SMILES string of the molecule is CCCC(C)(NC1CCN(C)C1)C(=O)O. The first-order valence-electron chi connectivity index (χ1n) is 5.67. The van der Waals surface area contributed by atoms with Crippen LogP contribution < -0.4 is 5.32 Å². The number of nitrogens with one attached hydrogen (secondary N) is 1. The molecule has 1 aliphatic rings. The van der Waals surface area contributed by atoms with E-state index in [1.165, 1.54) is 0 Å². The van der Waals surface area contributed by atoms with Crippen LogP contribution in [-0.4, -0.2) is 47.7 Å². The van der Waals surface area contributed by atoms with Crippen LogP contribution in [0.2, 0.25) is 0 Å². The molecule has 1 saturated heterocycles. The van der Waals surface area contributed by atoms with E-state index in [9.17, 15) is 9.90 Å². The van der Waals surface area contributed by atoms with Crippen molar-refractivity contribution in [2.75, 3.05) is 20.1 Å². The molecule has 15 heavy (non-hydrogen) atoms. The second-order valence-corrected chi connectivity index (χ2v) is 4.78. The average Bonchev–Trinajstić information content (AvgIpc) is 2.51. The van der Waals surface area contributed by atoms with Gasteiger partial charge in [0.2, 0.25) is 0 Å². The molecule has 1 aliphatic heterocycles. The molecule has 0 saturated carbocycles. The summed E-state index contributed by atoms with van der Waals surface area (Å²) < 4.78 is 0. The predicted molar refractivity (Wildman–Crippen MR) is 60.0 cm³/mol. The van der Waals surface area contributed by atoms with Crippen molar-refractivity contribution in [1.82, 2.24) is 10.2 Å². The number of hydrogen-bond donors (Lipinski definition) is 2. The fraction of sp³-hybridized carbons (Fsp3) is 0.909. The Morgan fingerprint density at radius 1 is 1.67 bits per heavy atom. The molecule has 0 bridgehead atoms. The molecule has 0 aliphatic carbocycles. The van der Waals surface area contributed by atoms with Crippen molar-refractivity contribution < 1.29 is 9.90 Å². The minimum absolute atomic E-state index is 0.322. The lowest BCUT2D eigenvalue weighted by molar-refractivity contribution is -0.144. The van der Waals surface area contributed by atoms with Crippen LogP contribution >= 0.6 is 0 Å². The smallest absolute Gasteiger partial charge is 0.323 e. The molecular weight excluding hydrogens is 192 g/mol. The van der Waals surface area contributed by atoms with Gasteiger partial charge in [0.1, 0.15) is 5.54 Å². The molecule has 0 aromatic heterocycles. The maximum Gasteiger partial charge on any atom is 0.323 e. The molecule has 0 amide bonds. The Balaban J connectivity index is 2.55. The molecule has 0 spiro atoms. The zero-order valence-corrected chi connectivity index (χ0v) is 9.92. The number of likely N-dealkylation sites (N-methyl/N-ethyl adjacent to an activating group) is 1. The topological polar surface area (TPSA) is 52.6 Å². The van der Waals surface area contributed by atoms with Crippen LogP contribution in [0.1, 0.15) is 33.1 Å². The van der Waals surface area contributed by atoms with Gasteiger partial charge in [0.15, 0.2) is 0 Å². The number of carboxylic acid groups (broad SMARTS) is 1. The first-order valence-corrected chi connectivity index (χ1v) is 5.67. The van der Waals surface area contributed by atoms with Gasteiger partial charge in [-0.15, -0.1) is 0 Å². The second-order valence-electron chi connectivity index (χ2n) is 4.78. The van der Waals surface area contributed by atoms with Gasteiger partial charge >= 0.3 is 5.97 Å². The normalized spacial score (nSPS) is 26.5. The third-order valence-electron chi connectivity index (χ3n) is 3.14. The molecule has 2 unspecified atom stereocenters. The van der Waals surface area contributed by atoms with Crippen molar-refractivity contribution in [1.29, 1.82) is 0 Å². The Morgan fingerprint density at radius 2 is 2.33 bits per heavy atom. The van der Waals surface area contributed by atoms with Crippen molar-refractivity contribution in [2.24, 2.45) is 0 Å². The third-order valence-corrected chi connectivity index (χ3v) is 3.14. The summed E-state index contributed by atoms with van der Waals surface area (Å²) in [6, 6.07) is 0.322. The number of likely N-dealkylation sites (tertiary alicyclic amines) is 1. The van der Waals surface area contributed by atoms with Crippen LogP contribution in [0.25, 0.3) is 0 Å².